The van der Waals surface area contributed by atoms with E-state index < -0.39 is 0 Å². The predicted octanol–water partition coefficient (Wildman–Crippen LogP) is 7.08. The molecule has 0 unspecified atom stereocenters. The van der Waals surface area contributed by atoms with Crippen LogP contribution >= 0.6 is 23.2 Å². The summed E-state index contributed by atoms with van der Waals surface area (Å²) < 4.78 is 0. The topological polar surface area (TPSA) is 107 Å². The monoisotopic (exact) mass is 531 g/mol. The van der Waals surface area contributed by atoms with E-state index in [1.54, 1.807) is 24.5 Å². The number of ketones is 1. The highest BCUT2D eigenvalue weighted by atomic mass is 35.5. The van der Waals surface area contributed by atoms with Gasteiger partial charge in [0.15, 0.2) is 16.1 Å². The number of carbonyl (C=O) groups excluding carboxylic acids is 1. The molecule has 0 radical (unpaired) electrons. The summed E-state index contributed by atoms with van der Waals surface area (Å²) in [5, 5.41) is 0.310. The van der Waals surface area contributed by atoms with Crippen LogP contribution in [0, 0.1) is 34.6 Å². The van der Waals surface area contributed by atoms with Gasteiger partial charge in [-0.15, -0.1) is 0 Å². The first kappa shape index (κ1) is 32.9. The highest BCUT2D eigenvalue weighted by Crippen LogP contribution is 2.21. The quantitative estimate of drug-likeness (QED) is 0.239. The predicted molar refractivity (Wildman–Crippen MR) is 148 cm³/mol. The first-order valence-electron chi connectivity index (χ1n) is 11.6. The van der Waals surface area contributed by atoms with E-state index in [0.717, 1.165) is 28.7 Å². The largest absolute Gasteiger partial charge is 0.295 e. The molecule has 0 atom stereocenters. The third-order valence-electron chi connectivity index (χ3n) is 4.12. The SMILES string of the molecule is CC.CC.CC(=O)c1ccc2nc(Cl)c(Cl)nc2c1.Cc1cncnc1C.Cc1nc(C)nc(C)n1. The molecule has 0 spiro atoms. The van der Waals surface area contributed by atoms with Gasteiger partial charge in [-0.25, -0.2) is 34.9 Å². The Bertz CT molecular complexity index is 1180. The van der Waals surface area contributed by atoms with Crippen molar-refractivity contribution in [2.24, 2.45) is 0 Å². The third-order valence-corrected chi connectivity index (χ3v) is 4.74. The molecule has 10 heteroatoms. The van der Waals surface area contributed by atoms with E-state index in [1.165, 1.54) is 6.92 Å². The zero-order valence-corrected chi connectivity index (χ0v) is 24.2. The lowest BCUT2D eigenvalue weighted by Crippen LogP contribution is -1.97. The Hall–Kier alpha value is -3.10. The lowest BCUT2D eigenvalue weighted by atomic mass is 10.1. The number of rotatable bonds is 1. The summed E-state index contributed by atoms with van der Waals surface area (Å²) >= 11 is 11.4. The molecule has 0 saturated heterocycles. The van der Waals surface area contributed by atoms with Crippen molar-refractivity contribution in [3.63, 3.8) is 0 Å². The van der Waals surface area contributed by atoms with Crippen molar-refractivity contribution in [3.8, 4) is 0 Å². The second kappa shape index (κ2) is 17.3. The summed E-state index contributed by atoms with van der Waals surface area (Å²) in [7, 11) is 0. The lowest BCUT2D eigenvalue weighted by Gasteiger charge is -2.01. The molecule has 0 N–H and O–H groups in total. The van der Waals surface area contributed by atoms with Crippen molar-refractivity contribution in [2.45, 2.75) is 69.2 Å². The molecule has 0 aliphatic heterocycles. The maximum Gasteiger partial charge on any atom is 0.167 e. The van der Waals surface area contributed by atoms with Crippen LogP contribution < -0.4 is 0 Å². The van der Waals surface area contributed by atoms with Gasteiger partial charge >= 0.3 is 0 Å². The van der Waals surface area contributed by atoms with Crippen molar-refractivity contribution >= 4 is 40.0 Å². The molecular formula is C26H35Cl2N7O. The Kier molecular flexibility index (Phi) is 15.9. The Morgan fingerprint density at radius 1 is 0.722 bits per heavy atom. The Labute approximate surface area is 224 Å². The second-order valence-electron chi connectivity index (χ2n) is 6.83. The summed E-state index contributed by atoms with van der Waals surface area (Å²) in [5.74, 6) is 2.35. The molecule has 1 aromatic carbocycles. The van der Waals surface area contributed by atoms with Gasteiger partial charge in [-0.05, 0) is 65.3 Å². The molecule has 4 aromatic rings. The summed E-state index contributed by atoms with van der Waals surface area (Å²) in [6.07, 6.45) is 3.37. The first-order valence-corrected chi connectivity index (χ1v) is 12.3. The minimum atomic E-state index is -0.0234. The van der Waals surface area contributed by atoms with Crippen LogP contribution in [0.2, 0.25) is 10.3 Å². The van der Waals surface area contributed by atoms with Crippen molar-refractivity contribution in [1.82, 2.24) is 34.9 Å². The van der Waals surface area contributed by atoms with Crippen LogP contribution in [-0.2, 0) is 0 Å². The van der Waals surface area contributed by atoms with Crippen LogP contribution in [0.25, 0.3) is 11.0 Å². The maximum atomic E-state index is 11.1. The highest BCUT2D eigenvalue weighted by molar-refractivity contribution is 6.40. The molecule has 0 aliphatic carbocycles. The summed E-state index contributed by atoms with van der Waals surface area (Å²) in [6.45, 7) is 19.0. The molecule has 0 amide bonds. The van der Waals surface area contributed by atoms with Crippen molar-refractivity contribution < 1.29 is 4.79 Å². The Morgan fingerprint density at radius 2 is 1.19 bits per heavy atom. The number of nitrogens with zero attached hydrogens (tertiary/aromatic N) is 7. The molecule has 8 nitrogen and oxygen atoms in total. The van der Waals surface area contributed by atoms with Gasteiger partial charge in [0.1, 0.15) is 23.8 Å². The number of hydrogen-bond donors (Lipinski definition) is 0. The fourth-order valence-corrected chi connectivity index (χ4v) is 2.73. The highest BCUT2D eigenvalue weighted by Gasteiger charge is 2.06. The van der Waals surface area contributed by atoms with E-state index in [1.807, 2.05) is 68.5 Å². The zero-order chi connectivity index (χ0) is 27.8. The number of halogens is 2. The van der Waals surface area contributed by atoms with Crippen molar-refractivity contribution in [1.29, 1.82) is 0 Å². The fourth-order valence-electron chi connectivity index (χ4n) is 2.47. The van der Waals surface area contributed by atoms with E-state index in [0.29, 0.717) is 16.6 Å². The van der Waals surface area contributed by atoms with E-state index >= 15 is 0 Å². The van der Waals surface area contributed by atoms with Gasteiger partial charge in [0.25, 0.3) is 0 Å². The van der Waals surface area contributed by atoms with E-state index in [-0.39, 0.29) is 16.1 Å². The minimum Gasteiger partial charge on any atom is -0.295 e. The number of fused-ring (bicyclic) bond motifs is 1. The number of aromatic nitrogens is 7. The van der Waals surface area contributed by atoms with Crippen LogP contribution in [-0.4, -0.2) is 40.7 Å². The average Bonchev–Trinajstić information content (AvgIpc) is 2.84. The van der Waals surface area contributed by atoms with E-state index in [9.17, 15) is 4.79 Å². The van der Waals surface area contributed by atoms with Gasteiger partial charge in [0.05, 0.1) is 11.0 Å². The summed E-state index contributed by atoms with van der Waals surface area (Å²) in [4.78, 5) is 39.0. The smallest absolute Gasteiger partial charge is 0.167 e. The second-order valence-corrected chi connectivity index (χ2v) is 7.55. The van der Waals surface area contributed by atoms with Crippen LogP contribution in [0.1, 0.15) is 73.7 Å². The van der Waals surface area contributed by atoms with Gasteiger partial charge in [-0.3, -0.25) is 4.79 Å². The number of hydrogen-bond acceptors (Lipinski definition) is 8. The minimum absolute atomic E-state index is 0.0234. The lowest BCUT2D eigenvalue weighted by molar-refractivity contribution is 0.101. The van der Waals surface area contributed by atoms with Crippen LogP contribution in [0.5, 0.6) is 0 Å². The number of carbonyl (C=O) groups is 1. The molecule has 4 rings (SSSR count). The first-order chi connectivity index (χ1) is 17.1. The average molecular weight is 533 g/mol. The Balaban J connectivity index is 0.000000504. The number of aryl methyl sites for hydroxylation is 5. The molecular weight excluding hydrogens is 497 g/mol. The molecule has 0 aliphatic rings. The summed E-state index contributed by atoms with van der Waals surface area (Å²) in [6, 6.07) is 5.03. The van der Waals surface area contributed by atoms with Crippen molar-refractivity contribution in [3.05, 3.63) is 75.3 Å². The Morgan fingerprint density at radius 3 is 1.58 bits per heavy atom. The van der Waals surface area contributed by atoms with Crippen LogP contribution in [0.3, 0.4) is 0 Å². The van der Waals surface area contributed by atoms with E-state index in [4.69, 9.17) is 23.2 Å². The third kappa shape index (κ3) is 11.6. The maximum absolute atomic E-state index is 11.1. The van der Waals surface area contributed by atoms with Crippen LogP contribution in [0.15, 0.2) is 30.7 Å². The van der Waals surface area contributed by atoms with Gasteiger partial charge in [-0.1, -0.05) is 50.9 Å². The molecule has 3 aromatic heterocycles. The van der Waals surface area contributed by atoms with Crippen LogP contribution in [0.4, 0.5) is 0 Å². The molecule has 0 saturated carbocycles. The molecule has 0 fully saturated rings. The molecule has 3 heterocycles. The molecule has 0 bridgehead atoms. The standard InChI is InChI=1S/C10H6Cl2N2O.C6H9N3.C6H8N2.2C2H6/c1-5(15)6-2-3-7-8(4-6)14-10(12)9(11)13-7;1-4-7-5(2)9-6(3)8-4;1-5-3-7-4-8-6(5)2;2*1-2/h2-4H,1H3;1-3H3;3-4H,1-2H3;2*1-2H3. The fraction of sp³-hybridized carbons (Fsp3) is 0.385. The normalized spacial score (nSPS) is 9.22. The van der Waals surface area contributed by atoms with Gasteiger partial charge in [-0.2, -0.15) is 0 Å². The summed E-state index contributed by atoms with van der Waals surface area (Å²) in [5.41, 5.74) is 3.97. The zero-order valence-electron chi connectivity index (χ0n) is 22.7. The number of benzene rings is 1. The number of Topliss-reactive ketones (excluding diaryl/α,β-unsaturated/α-hetero) is 1. The van der Waals surface area contributed by atoms with Gasteiger partial charge < -0.3 is 0 Å². The van der Waals surface area contributed by atoms with Gasteiger partial charge in [0, 0.05) is 17.5 Å². The van der Waals surface area contributed by atoms with Gasteiger partial charge in [0.2, 0.25) is 0 Å². The van der Waals surface area contributed by atoms with Crippen molar-refractivity contribution in [2.75, 3.05) is 0 Å². The molecule has 194 valence electrons. The van der Waals surface area contributed by atoms with E-state index in [2.05, 4.69) is 34.9 Å². The molecule has 36 heavy (non-hydrogen) atoms.